The number of carbonyl (C=O) groups excluding carboxylic acids is 2. The normalized spacial score (nSPS) is 20.2. The first kappa shape index (κ1) is 40.8. The Morgan fingerprint density at radius 1 is 1.03 bits per heavy atom. The van der Waals surface area contributed by atoms with Gasteiger partial charge in [0.2, 0.25) is 17.7 Å². The molecular formula is C41H44F4N6O7. The predicted molar refractivity (Wildman–Crippen MR) is 202 cm³/mol. The van der Waals surface area contributed by atoms with E-state index in [2.05, 4.69) is 15.3 Å². The number of aromatic nitrogens is 2. The number of oxazole rings is 1. The Hall–Kier alpha value is -5.36. The van der Waals surface area contributed by atoms with Crippen LogP contribution in [-0.2, 0) is 21.5 Å². The summed E-state index contributed by atoms with van der Waals surface area (Å²) >= 11 is 0. The minimum atomic E-state index is -4.66. The second-order valence-corrected chi connectivity index (χ2v) is 15.2. The number of hydrogen-bond acceptors (Lipinski definition) is 11. The highest BCUT2D eigenvalue weighted by Crippen LogP contribution is 2.35. The van der Waals surface area contributed by atoms with E-state index in [1.807, 2.05) is 24.1 Å². The molecule has 5 atom stereocenters. The van der Waals surface area contributed by atoms with E-state index in [4.69, 9.17) is 13.6 Å². The van der Waals surface area contributed by atoms with Crippen molar-refractivity contribution in [3.63, 3.8) is 0 Å². The molecule has 4 N–H and O–H groups in total. The van der Waals surface area contributed by atoms with Gasteiger partial charge in [0.25, 0.3) is 0 Å². The molecule has 1 unspecified atom stereocenters. The van der Waals surface area contributed by atoms with E-state index in [0.29, 0.717) is 40.5 Å². The number of nitrogens with zero attached hydrogens (tertiary/aromatic N) is 4. The highest BCUT2D eigenvalue weighted by Gasteiger charge is 2.43. The van der Waals surface area contributed by atoms with Crippen molar-refractivity contribution in [1.29, 1.82) is 0 Å². The van der Waals surface area contributed by atoms with Gasteiger partial charge in [-0.2, -0.15) is 13.2 Å². The lowest BCUT2D eigenvalue weighted by Gasteiger charge is -2.46. The van der Waals surface area contributed by atoms with Gasteiger partial charge in [-0.15, -0.1) is 0 Å². The first-order valence-electron chi connectivity index (χ1n) is 18.9. The number of aliphatic hydroxyl groups is 2. The molecular weight excluding hydrogens is 764 g/mol. The fourth-order valence-electron chi connectivity index (χ4n) is 7.57. The third-order valence-corrected chi connectivity index (χ3v) is 10.7. The van der Waals surface area contributed by atoms with Crippen LogP contribution in [0.5, 0.6) is 5.75 Å². The zero-order valence-corrected chi connectivity index (χ0v) is 31.8. The summed E-state index contributed by atoms with van der Waals surface area (Å²) < 4.78 is 71.1. The number of nitrogens with one attached hydrogen (secondary N) is 2. The number of furan rings is 1. The number of rotatable bonds is 13. The van der Waals surface area contributed by atoms with Crippen LogP contribution in [-0.4, -0.2) is 106 Å². The third-order valence-electron chi connectivity index (χ3n) is 10.7. The van der Waals surface area contributed by atoms with E-state index in [-0.39, 0.29) is 45.0 Å². The largest absolute Gasteiger partial charge is 0.490 e. The standard InChI is InChI=1S/C41H44F4N6O7/c1-40(2,39-47-19-35(58-39)24-7-9-27(42)10-8-24)51-14-13-50(31(21-51)38(55)48-23-41(43,44)45)20-28(52)15-26(17-29-16-25-11-12-46-18-34(25)57-29)37(54)49-36-30-5-3-4-6-33(30)56-22-32(36)53/h3-12,16,18-19,26,28,31-32,36,52-53H,13-15,17,20-23H2,1-2H3,(H,48,55)(H,49,54)/t26-,28-,31-,32+,36?/m0/s1. The van der Waals surface area contributed by atoms with Gasteiger partial charge in [-0.1, -0.05) is 18.2 Å². The van der Waals surface area contributed by atoms with Gasteiger partial charge >= 0.3 is 6.18 Å². The van der Waals surface area contributed by atoms with E-state index < -0.39 is 66.1 Å². The van der Waals surface area contributed by atoms with Gasteiger partial charge in [-0.25, -0.2) is 9.37 Å². The Kier molecular flexibility index (Phi) is 11.9. The van der Waals surface area contributed by atoms with Crippen molar-refractivity contribution < 1.29 is 50.9 Å². The quantitative estimate of drug-likeness (QED) is 0.121. The van der Waals surface area contributed by atoms with Crippen molar-refractivity contribution >= 4 is 22.8 Å². The Morgan fingerprint density at radius 2 is 1.81 bits per heavy atom. The second kappa shape index (κ2) is 16.9. The van der Waals surface area contributed by atoms with Gasteiger partial charge in [0.15, 0.2) is 11.3 Å². The summed E-state index contributed by atoms with van der Waals surface area (Å²) in [5, 5.41) is 28.2. The fourth-order valence-corrected chi connectivity index (χ4v) is 7.57. The Bertz CT molecular complexity index is 2180. The summed E-state index contributed by atoms with van der Waals surface area (Å²) in [7, 11) is 0. The smallest absolute Gasteiger partial charge is 0.405 e. The van der Waals surface area contributed by atoms with Crippen LogP contribution in [0.3, 0.4) is 0 Å². The van der Waals surface area contributed by atoms with Crippen LogP contribution in [0.2, 0.25) is 0 Å². The molecule has 0 radical (unpaired) electrons. The molecule has 0 spiro atoms. The molecule has 1 fully saturated rings. The van der Waals surface area contributed by atoms with Crippen LogP contribution in [0.15, 0.2) is 88.1 Å². The van der Waals surface area contributed by atoms with Gasteiger partial charge in [-0.3, -0.25) is 24.4 Å². The van der Waals surface area contributed by atoms with Crippen molar-refractivity contribution in [1.82, 2.24) is 30.4 Å². The summed E-state index contributed by atoms with van der Waals surface area (Å²) in [6, 6.07) is 14.3. The summed E-state index contributed by atoms with van der Waals surface area (Å²) in [5.74, 6) is -1.03. The number of pyridine rings is 1. The Morgan fingerprint density at radius 3 is 2.57 bits per heavy atom. The zero-order chi connectivity index (χ0) is 41.2. The average Bonchev–Trinajstić information content (AvgIpc) is 3.86. The van der Waals surface area contributed by atoms with Gasteiger partial charge in [-0.05, 0) is 62.7 Å². The molecule has 2 amide bonds. The number of carbonyl (C=O) groups is 2. The molecule has 0 aliphatic carbocycles. The van der Waals surface area contributed by atoms with Crippen LogP contribution in [0, 0.1) is 11.7 Å². The van der Waals surface area contributed by atoms with Gasteiger partial charge in [0, 0.05) is 61.2 Å². The van der Waals surface area contributed by atoms with Crippen LogP contribution < -0.4 is 15.4 Å². The van der Waals surface area contributed by atoms with Crippen LogP contribution in [0.1, 0.15) is 43.5 Å². The van der Waals surface area contributed by atoms with Crippen molar-refractivity contribution in [3.8, 4) is 17.1 Å². The molecule has 7 rings (SSSR count). The molecule has 1 saturated heterocycles. The molecule has 2 aliphatic heterocycles. The number of aliphatic hydroxyl groups excluding tert-OH is 2. The molecule has 0 bridgehead atoms. The lowest BCUT2D eigenvalue weighted by atomic mass is 9.92. The topological polar surface area (TPSA) is 166 Å². The molecule has 2 aliphatic rings. The lowest BCUT2D eigenvalue weighted by molar-refractivity contribution is -0.145. The number of β-amino-alcohol motifs (C(OH)–C–C–N with tert-alkyl or cyclic N) is 1. The highest BCUT2D eigenvalue weighted by atomic mass is 19.4. The molecule has 17 heteroatoms. The molecule has 58 heavy (non-hydrogen) atoms. The molecule has 3 aromatic heterocycles. The van der Waals surface area contributed by atoms with Crippen molar-refractivity contribution in [2.75, 3.05) is 39.3 Å². The summed E-state index contributed by atoms with van der Waals surface area (Å²) in [4.78, 5) is 39.7. The number of hydrogen-bond donors (Lipinski definition) is 4. The van der Waals surface area contributed by atoms with Gasteiger partial charge in [0.05, 0.1) is 30.1 Å². The highest BCUT2D eigenvalue weighted by molar-refractivity contribution is 5.82. The monoisotopic (exact) mass is 808 g/mol. The summed E-state index contributed by atoms with van der Waals surface area (Å²) in [5.41, 5.74) is 0.756. The van der Waals surface area contributed by atoms with Crippen molar-refractivity contribution in [2.45, 2.75) is 62.7 Å². The molecule has 13 nitrogen and oxygen atoms in total. The number of para-hydroxylation sites is 1. The van der Waals surface area contributed by atoms with Gasteiger partial charge < -0.3 is 34.4 Å². The second-order valence-electron chi connectivity index (χ2n) is 15.2. The Balaban J connectivity index is 1.09. The van der Waals surface area contributed by atoms with Crippen LogP contribution in [0.25, 0.3) is 22.3 Å². The van der Waals surface area contributed by atoms with Gasteiger partial charge in [0.1, 0.15) is 42.6 Å². The first-order chi connectivity index (χ1) is 27.6. The maximum atomic E-state index is 14.1. The van der Waals surface area contributed by atoms with Crippen molar-refractivity contribution in [2.24, 2.45) is 5.92 Å². The number of benzene rings is 2. The number of piperazine rings is 1. The minimum absolute atomic E-state index is 0.0439. The minimum Gasteiger partial charge on any atom is -0.490 e. The number of fused-ring (bicyclic) bond motifs is 2. The van der Waals surface area contributed by atoms with E-state index in [1.54, 1.807) is 65.8 Å². The van der Waals surface area contributed by atoms with E-state index in [0.717, 1.165) is 5.39 Å². The van der Waals surface area contributed by atoms with Crippen molar-refractivity contribution in [3.05, 3.63) is 102 Å². The maximum Gasteiger partial charge on any atom is 0.405 e. The molecule has 5 aromatic rings. The Labute approximate surface area is 331 Å². The third kappa shape index (κ3) is 9.33. The van der Waals surface area contributed by atoms with E-state index in [1.165, 1.54) is 18.3 Å². The molecule has 308 valence electrons. The summed E-state index contributed by atoms with van der Waals surface area (Å²) in [6.07, 6.45) is -2.33. The number of ether oxygens (including phenoxy) is 1. The van der Waals surface area contributed by atoms with Crippen LogP contribution in [0.4, 0.5) is 17.6 Å². The first-order valence-corrected chi connectivity index (χ1v) is 18.9. The number of halogens is 4. The SMILES string of the molecule is CC(C)(c1ncc(-c2ccc(F)cc2)o1)N1CCN(C[C@@H](O)C[C@@H](Cc2cc3ccncc3o2)C(=O)NC2c3ccccc3OC[C@H]2O)[C@H](C(=O)NCC(F)(F)F)C1. The van der Waals surface area contributed by atoms with E-state index >= 15 is 0 Å². The fraction of sp³-hybridized carbons (Fsp3) is 0.415. The average molecular weight is 809 g/mol. The van der Waals surface area contributed by atoms with E-state index in [9.17, 15) is 37.4 Å². The molecule has 2 aromatic carbocycles. The molecule has 0 saturated carbocycles. The zero-order valence-electron chi connectivity index (χ0n) is 31.8. The predicted octanol–water partition coefficient (Wildman–Crippen LogP) is 4.74. The maximum absolute atomic E-state index is 14.1. The number of amides is 2. The lowest BCUT2D eigenvalue weighted by Crippen LogP contribution is -2.63. The number of alkyl halides is 3. The van der Waals surface area contributed by atoms with Crippen LogP contribution >= 0.6 is 0 Å². The molecule has 5 heterocycles. The summed E-state index contributed by atoms with van der Waals surface area (Å²) in [6.45, 7) is 2.32.